The highest BCUT2D eigenvalue weighted by molar-refractivity contribution is 9.10. The van der Waals surface area contributed by atoms with Crippen LogP contribution in [0.3, 0.4) is 0 Å². The molecule has 150 valence electrons. The Balaban J connectivity index is 1.72. The lowest BCUT2D eigenvalue weighted by Crippen LogP contribution is -2.24. The molecule has 0 bridgehead atoms. The van der Waals surface area contributed by atoms with E-state index >= 15 is 0 Å². The molecule has 8 heteroatoms. The van der Waals surface area contributed by atoms with Gasteiger partial charge in [0.25, 0.3) is 0 Å². The second-order valence-electron chi connectivity index (χ2n) is 6.27. The molecule has 0 aliphatic carbocycles. The van der Waals surface area contributed by atoms with Gasteiger partial charge in [0.05, 0.1) is 11.4 Å². The van der Waals surface area contributed by atoms with Crippen molar-refractivity contribution in [1.29, 1.82) is 0 Å². The third-order valence-electron chi connectivity index (χ3n) is 3.81. The molecule has 3 aromatic rings. The minimum Gasteiger partial charge on any atom is -0.455 e. The van der Waals surface area contributed by atoms with Crippen LogP contribution in [0, 0.1) is 0 Å². The van der Waals surface area contributed by atoms with Crippen molar-refractivity contribution in [3.05, 3.63) is 87.9 Å². The standard InChI is InChI=1S/C21H17BrClNO4S/c22-16-6-4-5-15(11-16)13-29(26,27)14-21(25)24-19-12-17(23)9-10-20(19)28-18-7-2-1-3-8-18/h1-12H,13-14H2,(H,24,25). The van der Waals surface area contributed by atoms with Gasteiger partial charge in [0, 0.05) is 9.50 Å². The maximum atomic E-state index is 12.4. The number of hydrogen-bond acceptors (Lipinski definition) is 4. The number of carbonyl (C=O) groups is 1. The zero-order valence-corrected chi connectivity index (χ0v) is 18.3. The van der Waals surface area contributed by atoms with Crippen LogP contribution in [0.5, 0.6) is 11.5 Å². The largest absolute Gasteiger partial charge is 0.455 e. The van der Waals surface area contributed by atoms with Gasteiger partial charge in [-0.3, -0.25) is 4.79 Å². The number of nitrogens with one attached hydrogen (secondary N) is 1. The number of amides is 1. The third kappa shape index (κ3) is 6.59. The molecule has 1 N–H and O–H groups in total. The molecule has 3 aromatic carbocycles. The van der Waals surface area contributed by atoms with E-state index in [1.54, 1.807) is 48.5 Å². The van der Waals surface area contributed by atoms with Crippen molar-refractivity contribution < 1.29 is 17.9 Å². The molecule has 0 saturated carbocycles. The highest BCUT2D eigenvalue weighted by atomic mass is 79.9. The first kappa shape index (κ1) is 21.4. The van der Waals surface area contributed by atoms with E-state index < -0.39 is 21.5 Å². The van der Waals surface area contributed by atoms with Crippen LogP contribution in [0.1, 0.15) is 5.56 Å². The van der Waals surface area contributed by atoms with E-state index in [2.05, 4.69) is 21.2 Å². The van der Waals surface area contributed by atoms with Crippen molar-refractivity contribution >= 4 is 49.0 Å². The summed E-state index contributed by atoms with van der Waals surface area (Å²) in [5.41, 5.74) is 0.895. The van der Waals surface area contributed by atoms with Gasteiger partial charge < -0.3 is 10.1 Å². The predicted octanol–water partition coefficient (Wildman–Crippen LogP) is 5.45. The molecule has 5 nitrogen and oxygen atoms in total. The number of carbonyl (C=O) groups excluding carboxylic acids is 1. The number of anilines is 1. The lowest BCUT2D eigenvalue weighted by atomic mass is 10.2. The van der Waals surface area contributed by atoms with Crippen LogP contribution in [-0.2, 0) is 20.4 Å². The number of halogens is 2. The summed E-state index contributed by atoms with van der Waals surface area (Å²) in [7, 11) is -3.66. The van der Waals surface area contributed by atoms with E-state index in [1.807, 2.05) is 18.2 Å². The van der Waals surface area contributed by atoms with Gasteiger partial charge in [-0.05, 0) is 48.0 Å². The highest BCUT2D eigenvalue weighted by Gasteiger charge is 2.19. The van der Waals surface area contributed by atoms with Crippen molar-refractivity contribution in [2.75, 3.05) is 11.1 Å². The smallest absolute Gasteiger partial charge is 0.239 e. The Kier molecular flexibility index (Phi) is 6.95. The Morgan fingerprint density at radius 2 is 1.76 bits per heavy atom. The number of sulfone groups is 1. The molecule has 0 spiro atoms. The number of rotatable bonds is 7. The van der Waals surface area contributed by atoms with E-state index in [0.29, 0.717) is 27.8 Å². The minimum atomic E-state index is -3.66. The molecule has 0 aromatic heterocycles. The Bertz CT molecular complexity index is 1120. The number of para-hydroxylation sites is 1. The van der Waals surface area contributed by atoms with E-state index in [-0.39, 0.29) is 5.75 Å². The quantitative estimate of drug-likeness (QED) is 0.474. The van der Waals surface area contributed by atoms with E-state index in [0.717, 1.165) is 4.47 Å². The molecule has 0 aliphatic heterocycles. The fourth-order valence-electron chi connectivity index (χ4n) is 2.62. The first-order valence-corrected chi connectivity index (χ1v) is 11.6. The van der Waals surface area contributed by atoms with Crippen LogP contribution in [-0.4, -0.2) is 20.1 Å². The third-order valence-corrected chi connectivity index (χ3v) is 6.02. The van der Waals surface area contributed by atoms with Crippen LogP contribution in [0.4, 0.5) is 5.69 Å². The Morgan fingerprint density at radius 3 is 2.48 bits per heavy atom. The minimum absolute atomic E-state index is 0.233. The van der Waals surface area contributed by atoms with Crippen LogP contribution in [0.25, 0.3) is 0 Å². The maximum Gasteiger partial charge on any atom is 0.239 e. The average molecular weight is 495 g/mol. The van der Waals surface area contributed by atoms with Crippen molar-refractivity contribution in [1.82, 2.24) is 0 Å². The summed E-state index contributed by atoms with van der Waals surface area (Å²) < 4.78 is 31.4. The van der Waals surface area contributed by atoms with Gasteiger partial charge in [0.1, 0.15) is 11.5 Å². The molecule has 0 radical (unpaired) electrons. The van der Waals surface area contributed by atoms with Gasteiger partial charge in [-0.1, -0.05) is 57.9 Å². The second-order valence-corrected chi connectivity index (χ2v) is 9.68. The zero-order valence-electron chi connectivity index (χ0n) is 15.1. The van der Waals surface area contributed by atoms with E-state index in [4.69, 9.17) is 16.3 Å². The van der Waals surface area contributed by atoms with Gasteiger partial charge in [0.2, 0.25) is 5.91 Å². The van der Waals surface area contributed by atoms with Crippen molar-refractivity contribution in [2.45, 2.75) is 5.75 Å². The fourth-order valence-corrected chi connectivity index (χ4v) is 4.50. The summed E-state index contributed by atoms with van der Waals surface area (Å²) in [5, 5.41) is 2.97. The Hall–Kier alpha value is -2.35. The number of ether oxygens (including phenoxy) is 1. The molecule has 0 atom stereocenters. The Labute approximate surface area is 182 Å². The topological polar surface area (TPSA) is 72.5 Å². The first-order valence-electron chi connectivity index (χ1n) is 8.58. The summed E-state index contributed by atoms with van der Waals surface area (Å²) in [5.74, 6) is -0.620. The zero-order chi connectivity index (χ0) is 20.9. The molecule has 0 aliphatic rings. The van der Waals surface area contributed by atoms with Crippen LogP contribution < -0.4 is 10.1 Å². The summed E-state index contributed by atoms with van der Waals surface area (Å²) in [4.78, 5) is 12.4. The van der Waals surface area contributed by atoms with Gasteiger partial charge in [-0.2, -0.15) is 0 Å². The predicted molar refractivity (Wildman–Crippen MR) is 118 cm³/mol. The van der Waals surface area contributed by atoms with Gasteiger partial charge in [0.15, 0.2) is 15.6 Å². The molecule has 0 heterocycles. The van der Waals surface area contributed by atoms with E-state index in [1.165, 1.54) is 6.07 Å². The summed E-state index contributed by atoms with van der Waals surface area (Å²) in [6, 6.07) is 20.7. The first-order chi connectivity index (χ1) is 13.8. The maximum absolute atomic E-state index is 12.4. The van der Waals surface area contributed by atoms with Gasteiger partial charge >= 0.3 is 0 Å². The second kappa shape index (κ2) is 9.43. The van der Waals surface area contributed by atoms with Crippen LogP contribution in [0.15, 0.2) is 77.3 Å². The SMILES string of the molecule is O=C(CS(=O)(=O)Cc1cccc(Br)c1)Nc1cc(Cl)ccc1Oc1ccccc1. The molecule has 0 unspecified atom stereocenters. The van der Waals surface area contributed by atoms with Crippen LogP contribution in [0.2, 0.25) is 5.02 Å². The highest BCUT2D eigenvalue weighted by Crippen LogP contribution is 2.32. The van der Waals surface area contributed by atoms with E-state index in [9.17, 15) is 13.2 Å². The molecule has 3 rings (SSSR count). The molecule has 0 saturated heterocycles. The monoisotopic (exact) mass is 493 g/mol. The van der Waals surface area contributed by atoms with Gasteiger partial charge in [-0.25, -0.2) is 8.42 Å². The molecule has 1 amide bonds. The van der Waals surface area contributed by atoms with Crippen molar-refractivity contribution in [3.63, 3.8) is 0 Å². The molecule has 29 heavy (non-hydrogen) atoms. The normalized spacial score (nSPS) is 11.1. The summed E-state index contributed by atoms with van der Waals surface area (Å²) in [6.07, 6.45) is 0. The van der Waals surface area contributed by atoms with Crippen molar-refractivity contribution in [2.24, 2.45) is 0 Å². The Morgan fingerprint density at radius 1 is 1.00 bits per heavy atom. The average Bonchev–Trinajstić information content (AvgIpc) is 2.64. The summed E-state index contributed by atoms with van der Waals surface area (Å²) >= 11 is 9.34. The molecular formula is C21H17BrClNO4S. The number of benzene rings is 3. The van der Waals surface area contributed by atoms with Crippen molar-refractivity contribution in [3.8, 4) is 11.5 Å². The number of hydrogen-bond donors (Lipinski definition) is 1. The lowest BCUT2D eigenvalue weighted by molar-refractivity contribution is -0.113. The lowest BCUT2D eigenvalue weighted by Gasteiger charge is -2.13. The summed E-state index contributed by atoms with van der Waals surface area (Å²) in [6.45, 7) is 0. The van der Waals surface area contributed by atoms with Crippen LogP contribution >= 0.6 is 27.5 Å². The molecular weight excluding hydrogens is 478 g/mol. The fraction of sp³-hybridized carbons (Fsp3) is 0.0952. The molecule has 0 fully saturated rings. The van der Waals surface area contributed by atoms with Gasteiger partial charge in [-0.15, -0.1) is 0 Å².